The maximum atomic E-state index is 9.65. The van der Waals surface area contributed by atoms with Crippen LogP contribution in [-0.2, 0) is 0 Å². The van der Waals surface area contributed by atoms with Crippen LogP contribution in [0.25, 0.3) is 10.9 Å². The summed E-state index contributed by atoms with van der Waals surface area (Å²) in [5.41, 5.74) is 0.179. The van der Waals surface area contributed by atoms with Gasteiger partial charge < -0.3 is 10.4 Å². The molecule has 1 aromatic heterocycles. The van der Waals surface area contributed by atoms with Gasteiger partial charge >= 0.3 is 0 Å². The van der Waals surface area contributed by atoms with Gasteiger partial charge in [-0.05, 0) is 48.0 Å². The zero-order valence-corrected chi connectivity index (χ0v) is 11.5. The molecule has 0 fully saturated rings. The van der Waals surface area contributed by atoms with Crippen molar-refractivity contribution in [3.63, 3.8) is 0 Å². The molecule has 0 radical (unpaired) electrons. The monoisotopic (exact) mass is 294 g/mol. The van der Waals surface area contributed by atoms with Crippen molar-refractivity contribution in [2.24, 2.45) is 0 Å². The van der Waals surface area contributed by atoms with Gasteiger partial charge in [0.15, 0.2) is 0 Å². The molecule has 1 aromatic carbocycles. The van der Waals surface area contributed by atoms with Crippen molar-refractivity contribution >= 4 is 32.7 Å². The Morgan fingerprint density at radius 2 is 2.06 bits per heavy atom. The number of halogens is 1. The molecule has 1 heterocycles. The van der Waals surface area contributed by atoms with Crippen molar-refractivity contribution in [1.29, 1.82) is 0 Å². The van der Waals surface area contributed by atoms with Gasteiger partial charge in [0.2, 0.25) is 0 Å². The van der Waals surface area contributed by atoms with Crippen LogP contribution in [0.3, 0.4) is 0 Å². The van der Waals surface area contributed by atoms with Crippen LogP contribution in [0.2, 0.25) is 0 Å². The SMILES string of the molecule is CC(C)(O)CNc1ccc2cccc(Br)c2n1. The lowest BCUT2D eigenvalue weighted by molar-refractivity contribution is 0.0944. The third-order valence-corrected chi connectivity index (χ3v) is 3.01. The first kappa shape index (κ1) is 12.3. The van der Waals surface area contributed by atoms with Gasteiger partial charge in [-0.25, -0.2) is 4.98 Å². The van der Waals surface area contributed by atoms with E-state index < -0.39 is 5.60 Å². The second kappa shape index (κ2) is 4.63. The number of aliphatic hydroxyl groups is 1. The minimum Gasteiger partial charge on any atom is -0.389 e. The van der Waals surface area contributed by atoms with Crippen molar-refractivity contribution in [2.45, 2.75) is 19.4 Å². The number of anilines is 1. The molecule has 0 saturated carbocycles. The molecule has 4 heteroatoms. The average Bonchev–Trinajstić information content (AvgIpc) is 2.26. The zero-order valence-electron chi connectivity index (χ0n) is 9.87. The number of pyridine rings is 1. The van der Waals surface area contributed by atoms with E-state index in [2.05, 4.69) is 26.2 Å². The number of nitrogens with zero attached hydrogens (tertiary/aromatic N) is 1. The minimum atomic E-state index is -0.745. The van der Waals surface area contributed by atoms with Crippen molar-refractivity contribution in [2.75, 3.05) is 11.9 Å². The van der Waals surface area contributed by atoms with Crippen LogP contribution in [0.1, 0.15) is 13.8 Å². The normalized spacial score (nSPS) is 11.8. The van der Waals surface area contributed by atoms with E-state index in [0.29, 0.717) is 6.54 Å². The Kier molecular flexibility index (Phi) is 3.35. The number of benzene rings is 1. The molecule has 0 unspecified atom stereocenters. The maximum absolute atomic E-state index is 9.65. The van der Waals surface area contributed by atoms with Crippen LogP contribution in [0.5, 0.6) is 0 Å². The van der Waals surface area contributed by atoms with Gasteiger partial charge in [-0.1, -0.05) is 12.1 Å². The fraction of sp³-hybridized carbons (Fsp3) is 0.308. The Morgan fingerprint density at radius 3 is 2.76 bits per heavy atom. The molecule has 90 valence electrons. The van der Waals surface area contributed by atoms with Gasteiger partial charge in [-0.2, -0.15) is 0 Å². The highest BCUT2D eigenvalue weighted by Crippen LogP contribution is 2.23. The topological polar surface area (TPSA) is 45.1 Å². The van der Waals surface area contributed by atoms with E-state index in [9.17, 15) is 5.11 Å². The predicted octanol–water partition coefficient (Wildman–Crippen LogP) is 3.18. The van der Waals surface area contributed by atoms with E-state index >= 15 is 0 Å². The Hall–Kier alpha value is -1.13. The second-order valence-corrected chi connectivity index (χ2v) is 5.53. The molecule has 0 aliphatic carbocycles. The highest BCUT2D eigenvalue weighted by Gasteiger charge is 2.12. The smallest absolute Gasteiger partial charge is 0.126 e. The molecule has 2 N–H and O–H groups in total. The Labute approximate surface area is 109 Å². The third kappa shape index (κ3) is 3.17. The number of para-hydroxylation sites is 1. The Balaban J connectivity index is 2.28. The summed E-state index contributed by atoms with van der Waals surface area (Å²) in [4.78, 5) is 4.51. The van der Waals surface area contributed by atoms with Gasteiger partial charge in [-0.3, -0.25) is 0 Å². The van der Waals surface area contributed by atoms with Crippen LogP contribution >= 0.6 is 15.9 Å². The fourth-order valence-corrected chi connectivity index (χ4v) is 1.99. The number of hydrogen-bond donors (Lipinski definition) is 2. The quantitative estimate of drug-likeness (QED) is 0.914. The van der Waals surface area contributed by atoms with Crippen LogP contribution in [0, 0.1) is 0 Å². The lowest BCUT2D eigenvalue weighted by Gasteiger charge is -2.18. The van der Waals surface area contributed by atoms with Crippen LogP contribution in [-0.4, -0.2) is 22.2 Å². The first-order chi connectivity index (χ1) is 7.96. The third-order valence-electron chi connectivity index (χ3n) is 2.37. The number of nitrogens with one attached hydrogen (secondary N) is 1. The largest absolute Gasteiger partial charge is 0.389 e. The van der Waals surface area contributed by atoms with Crippen LogP contribution in [0.4, 0.5) is 5.82 Å². The lowest BCUT2D eigenvalue weighted by Crippen LogP contribution is -2.29. The van der Waals surface area contributed by atoms with Crippen molar-refractivity contribution in [3.8, 4) is 0 Å². The zero-order chi connectivity index (χ0) is 12.5. The summed E-state index contributed by atoms with van der Waals surface area (Å²) in [6.07, 6.45) is 0. The van der Waals surface area contributed by atoms with E-state index in [4.69, 9.17) is 0 Å². The number of hydrogen-bond acceptors (Lipinski definition) is 3. The van der Waals surface area contributed by atoms with Gasteiger partial charge in [0.05, 0.1) is 11.1 Å². The van der Waals surface area contributed by atoms with Crippen molar-refractivity contribution in [3.05, 3.63) is 34.8 Å². The Morgan fingerprint density at radius 1 is 1.29 bits per heavy atom. The molecular weight excluding hydrogens is 280 g/mol. The summed E-state index contributed by atoms with van der Waals surface area (Å²) >= 11 is 3.48. The highest BCUT2D eigenvalue weighted by atomic mass is 79.9. The molecule has 0 amide bonds. The summed E-state index contributed by atoms with van der Waals surface area (Å²) < 4.78 is 0.974. The van der Waals surface area contributed by atoms with Crippen molar-refractivity contribution < 1.29 is 5.11 Å². The van der Waals surface area contributed by atoms with E-state index in [1.807, 2.05) is 30.3 Å². The lowest BCUT2D eigenvalue weighted by atomic mass is 10.1. The average molecular weight is 295 g/mol. The molecule has 0 atom stereocenters. The molecular formula is C13H15BrN2O. The van der Waals surface area contributed by atoms with Gasteiger partial charge in [0.1, 0.15) is 5.82 Å². The molecule has 0 aliphatic heterocycles. The molecule has 2 aromatic rings. The Bertz CT molecular complexity index is 534. The summed E-state index contributed by atoms with van der Waals surface area (Å²) in [6, 6.07) is 9.90. The minimum absolute atomic E-state index is 0.468. The summed E-state index contributed by atoms with van der Waals surface area (Å²) in [5.74, 6) is 0.770. The highest BCUT2D eigenvalue weighted by molar-refractivity contribution is 9.10. The van der Waals surface area contributed by atoms with Gasteiger partial charge in [0, 0.05) is 16.4 Å². The van der Waals surface area contributed by atoms with Crippen molar-refractivity contribution in [1.82, 2.24) is 4.98 Å². The fourth-order valence-electron chi connectivity index (χ4n) is 1.52. The van der Waals surface area contributed by atoms with Crippen LogP contribution < -0.4 is 5.32 Å². The second-order valence-electron chi connectivity index (χ2n) is 4.67. The van der Waals surface area contributed by atoms with E-state index in [1.165, 1.54) is 0 Å². The maximum Gasteiger partial charge on any atom is 0.126 e. The summed E-state index contributed by atoms with van der Waals surface area (Å²) in [7, 11) is 0. The van der Waals surface area contributed by atoms with E-state index in [1.54, 1.807) is 13.8 Å². The molecule has 3 nitrogen and oxygen atoms in total. The standard InChI is InChI=1S/C13H15BrN2O/c1-13(2,17)8-15-11-7-6-9-4-3-5-10(14)12(9)16-11/h3-7,17H,8H2,1-2H3,(H,15,16). The molecule has 2 rings (SSSR count). The molecule has 0 saturated heterocycles. The first-order valence-corrected chi connectivity index (χ1v) is 6.26. The van der Waals surface area contributed by atoms with Crippen LogP contribution in [0.15, 0.2) is 34.8 Å². The first-order valence-electron chi connectivity index (χ1n) is 5.47. The molecule has 0 aliphatic rings. The molecule has 17 heavy (non-hydrogen) atoms. The number of fused-ring (bicyclic) bond motifs is 1. The number of rotatable bonds is 3. The summed E-state index contributed by atoms with van der Waals surface area (Å²) in [6.45, 7) is 3.99. The van der Waals surface area contributed by atoms with E-state index in [0.717, 1.165) is 21.2 Å². The summed E-state index contributed by atoms with van der Waals surface area (Å²) in [5, 5.41) is 13.9. The predicted molar refractivity (Wildman–Crippen MR) is 74.2 cm³/mol. The van der Waals surface area contributed by atoms with Gasteiger partial charge in [0.25, 0.3) is 0 Å². The number of aromatic nitrogens is 1. The molecule has 0 spiro atoms. The van der Waals surface area contributed by atoms with E-state index in [-0.39, 0.29) is 0 Å². The van der Waals surface area contributed by atoms with Gasteiger partial charge in [-0.15, -0.1) is 0 Å². The molecule has 0 bridgehead atoms.